The fourth-order valence-electron chi connectivity index (χ4n) is 2.51. The fourth-order valence-corrected chi connectivity index (χ4v) is 2.51. The molecule has 0 saturated heterocycles. The van der Waals surface area contributed by atoms with Crippen LogP contribution in [0, 0.1) is 5.82 Å². The van der Waals surface area contributed by atoms with Crippen LogP contribution in [0.15, 0.2) is 78.9 Å². The van der Waals surface area contributed by atoms with Crippen LogP contribution in [-0.2, 0) is 0 Å². The van der Waals surface area contributed by atoms with Gasteiger partial charge in [-0.1, -0.05) is 18.2 Å². The normalized spacial score (nSPS) is 10.6. The number of ether oxygens (including phenoxy) is 1. The Bertz CT molecular complexity index is 992. The number of allylic oxidation sites excluding steroid dienone is 1. The molecule has 5 heteroatoms. The second-order valence-corrected chi connectivity index (χ2v) is 6.01. The number of nitrogens with one attached hydrogen (secondary N) is 1. The third kappa shape index (κ3) is 4.92. The van der Waals surface area contributed by atoms with Crippen molar-refractivity contribution in [1.82, 2.24) is 0 Å². The van der Waals surface area contributed by atoms with Crippen LogP contribution in [0.5, 0.6) is 5.75 Å². The fraction of sp³-hybridized carbons (Fsp3) is 0.0435. The van der Waals surface area contributed by atoms with Crippen molar-refractivity contribution in [3.63, 3.8) is 0 Å². The predicted molar refractivity (Wildman–Crippen MR) is 107 cm³/mol. The van der Waals surface area contributed by atoms with Crippen molar-refractivity contribution >= 4 is 23.5 Å². The number of methoxy groups -OCH3 is 1. The second-order valence-electron chi connectivity index (χ2n) is 6.01. The van der Waals surface area contributed by atoms with E-state index in [4.69, 9.17) is 4.74 Å². The molecule has 0 aromatic heterocycles. The summed E-state index contributed by atoms with van der Waals surface area (Å²) in [5.74, 6) is -0.134. The molecule has 4 nitrogen and oxygen atoms in total. The molecule has 1 amide bonds. The molecular weight excluding hydrogens is 357 g/mol. The Hall–Kier alpha value is -3.73. The van der Waals surface area contributed by atoms with E-state index in [1.807, 2.05) is 0 Å². The van der Waals surface area contributed by atoms with Gasteiger partial charge in [-0.05, 0) is 72.3 Å². The lowest BCUT2D eigenvalue weighted by molar-refractivity contribution is 0.102. The van der Waals surface area contributed by atoms with E-state index in [1.54, 1.807) is 61.7 Å². The lowest BCUT2D eigenvalue weighted by Gasteiger charge is -2.05. The van der Waals surface area contributed by atoms with Crippen molar-refractivity contribution in [1.29, 1.82) is 0 Å². The third-order valence-electron chi connectivity index (χ3n) is 4.08. The highest BCUT2D eigenvalue weighted by Gasteiger charge is 2.06. The Kier molecular flexibility index (Phi) is 5.97. The average Bonchev–Trinajstić information content (AvgIpc) is 2.73. The number of carbonyl (C=O) groups is 2. The highest BCUT2D eigenvalue weighted by Crippen LogP contribution is 2.15. The Labute approximate surface area is 162 Å². The summed E-state index contributed by atoms with van der Waals surface area (Å²) in [7, 11) is 1.57. The zero-order valence-electron chi connectivity index (χ0n) is 15.2. The van der Waals surface area contributed by atoms with Crippen molar-refractivity contribution in [2.45, 2.75) is 0 Å². The minimum atomic E-state index is -0.392. The Morgan fingerprint density at radius 2 is 1.46 bits per heavy atom. The monoisotopic (exact) mass is 375 g/mol. The summed E-state index contributed by atoms with van der Waals surface area (Å²) in [4.78, 5) is 24.3. The Morgan fingerprint density at radius 1 is 0.857 bits per heavy atom. The zero-order valence-corrected chi connectivity index (χ0v) is 15.2. The van der Waals surface area contributed by atoms with Crippen LogP contribution in [-0.4, -0.2) is 18.8 Å². The van der Waals surface area contributed by atoms with Gasteiger partial charge in [-0.15, -0.1) is 0 Å². The van der Waals surface area contributed by atoms with Crippen LogP contribution in [0.1, 0.15) is 26.3 Å². The molecule has 0 atom stereocenters. The number of hydrogen-bond acceptors (Lipinski definition) is 3. The van der Waals surface area contributed by atoms with Crippen LogP contribution in [0.25, 0.3) is 6.08 Å². The summed E-state index contributed by atoms with van der Waals surface area (Å²) in [6, 6.07) is 19.3. The molecule has 0 heterocycles. The number of halogens is 1. The standard InChI is InChI=1S/C23H18FNO3/c1-28-21-13-7-17(8-14-21)22(26)15-4-16-2-11-20(12-3-16)25-23(27)18-5-9-19(24)10-6-18/h2-15H,1H3,(H,25,27)/b15-4+. The van der Waals surface area contributed by atoms with Gasteiger partial charge in [0.1, 0.15) is 11.6 Å². The van der Waals surface area contributed by atoms with Crippen LogP contribution in [0.2, 0.25) is 0 Å². The Balaban J connectivity index is 1.61. The van der Waals surface area contributed by atoms with E-state index in [-0.39, 0.29) is 11.7 Å². The highest BCUT2D eigenvalue weighted by atomic mass is 19.1. The van der Waals surface area contributed by atoms with Gasteiger partial charge < -0.3 is 10.1 Å². The maximum atomic E-state index is 12.9. The molecule has 3 aromatic rings. The quantitative estimate of drug-likeness (QED) is 0.488. The van der Waals surface area contributed by atoms with Gasteiger partial charge in [0.05, 0.1) is 7.11 Å². The number of amides is 1. The van der Waals surface area contributed by atoms with Gasteiger partial charge in [0, 0.05) is 16.8 Å². The van der Waals surface area contributed by atoms with Gasteiger partial charge in [-0.2, -0.15) is 0 Å². The number of hydrogen-bond donors (Lipinski definition) is 1. The smallest absolute Gasteiger partial charge is 0.255 e. The molecule has 0 saturated carbocycles. The number of ketones is 1. The lowest BCUT2D eigenvalue weighted by Crippen LogP contribution is -2.11. The topological polar surface area (TPSA) is 55.4 Å². The van der Waals surface area contributed by atoms with Gasteiger partial charge in [-0.25, -0.2) is 4.39 Å². The molecule has 0 fully saturated rings. The summed E-state index contributed by atoms with van der Waals surface area (Å²) < 4.78 is 18.0. The highest BCUT2D eigenvalue weighted by molar-refractivity contribution is 6.07. The first-order chi connectivity index (χ1) is 13.5. The number of rotatable bonds is 6. The minimum absolute atomic E-state index is 0.114. The van der Waals surface area contributed by atoms with Crippen molar-refractivity contribution in [3.05, 3.63) is 101 Å². The summed E-state index contributed by atoms with van der Waals surface area (Å²) in [5.41, 5.74) is 2.37. The molecular formula is C23H18FNO3. The SMILES string of the molecule is COc1ccc(C(=O)/C=C/c2ccc(NC(=O)c3ccc(F)cc3)cc2)cc1. The second kappa shape index (κ2) is 8.77. The van der Waals surface area contributed by atoms with Gasteiger partial charge in [0.2, 0.25) is 0 Å². The molecule has 28 heavy (non-hydrogen) atoms. The third-order valence-corrected chi connectivity index (χ3v) is 4.08. The van der Waals surface area contributed by atoms with E-state index in [1.165, 1.54) is 30.3 Å². The van der Waals surface area contributed by atoms with Gasteiger partial charge in [-0.3, -0.25) is 9.59 Å². The van der Waals surface area contributed by atoms with Crippen molar-refractivity contribution in [3.8, 4) is 5.75 Å². The molecule has 0 spiro atoms. The maximum Gasteiger partial charge on any atom is 0.255 e. The molecule has 0 bridgehead atoms. The molecule has 3 aromatic carbocycles. The van der Waals surface area contributed by atoms with Crippen LogP contribution >= 0.6 is 0 Å². The largest absolute Gasteiger partial charge is 0.497 e. The van der Waals surface area contributed by atoms with Gasteiger partial charge in [0.15, 0.2) is 5.78 Å². The number of benzene rings is 3. The predicted octanol–water partition coefficient (Wildman–Crippen LogP) is 4.98. The molecule has 140 valence electrons. The van der Waals surface area contributed by atoms with E-state index in [2.05, 4.69) is 5.32 Å². The average molecular weight is 375 g/mol. The first-order valence-electron chi connectivity index (χ1n) is 8.58. The summed E-state index contributed by atoms with van der Waals surface area (Å²) in [5, 5.41) is 2.74. The van der Waals surface area contributed by atoms with Crippen molar-refractivity contribution in [2.24, 2.45) is 0 Å². The molecule has 0 aliphatic carbocycles. The maximum absolute atomic E-state index is 12.9. The zero-order chi connectivity index (χ0) is 19.9. The van der Waals surface area contributed by atoms with Crippen molar-refractivity contribution < 1.29 is 18.7 Å². The van der Waals surface area contributed by atoms with E-state index in [9.17, 15) is 14.0 Å². The molecule has 1 N–H and O–H groups in total. The van der Waals surface area contributed by atoms with Crippen molar-refractivity contribution in [2.75, 3.05) is 12.4 Å². The Morgan fingerprint density at radius 3 is 2.07 bits per heavy atom. The number of carbonyl (C=O) groups excluding carboxylic acids is 2. The first kappa shape index (κ1) is 19.0. The first-order valence-corrected chi connectivity index (χ1v) is 8.58. The molecule has 0 unspecified atom stereocenters. The van der Waals surface area contributed by atoms with Gasteiger partial charge >= 0.3 is 0 Å². The summed E-state index contributed by atoms with van der Waals surface area (Å²) >= 11 is 0. The van der Waals surface area contributed by atoms with Gasteiger partial charge in [0.25, 0.3) is 5.91 Å². The molecule has 3 rings (SSSR count). The molecule has 0 aliphatic heterocycles. The van der Waals surface area contributed by atoms with Crippen LogP contribution < -0.4 is 10.1 Å². The van der Waals surface area contributed by atoms with E-state index < -0.39 is 5.82 Å². The minimum Gasteiger partial charge on any atom is -0.497 e. The molecule has 0 aliphatic rings. The van der Waals surface area contributed by atoms with E-state index in [0.717, 1.165) is 5.56 Å². The van der Waals surface area contributed by atoms with E-state index >= 15 is 0 Å². The summed E-state index contributed by atoms with van der Waals surface area (Å²) in [6.45, 7) is 0. The molecule has 0 radical (unpaired) electrons. The van der Waals surface area contributed by atoms with Crippen LogP contribution in [0.4, 0.5) is 10.1 Å². The van der Waals surface area contributed by atoms with E-state index in [0.29, 0.717) is 22.6 Å². The van der Waals surface area contributed by atoms with Crippen LogP contribution in [0.3, 0.4) is 0 Å². The summed E-state index contributed by atoms with van der Waals surface area (Å²) in [6.07, 6.45) is 3.20. The lowest BCUT2D eigenvalue weighted by atomic mass is 10.1. The number of anilines is 1.